The largest absolute Gasteiger partial charge is 0.573 e. The van der Waals surface area contributed by atoms with Crippen LogP contribution in [0.1, 0.15) is 12.8 Å². The summed E-state index contributed by atoms with van der Waals surface area (Å²) in [7, 11) is 1.49. The number of hydrogen-bond donors (Lipinski definition) is 0. The van der Waals surface area contributed by atoms with Crippen LogP contribution in [0.2, 0.25) is 0 Å². The van der Waals surface area contributed by atoms with E-state index in [1.165, 1.54) is 35.9 Å². The second-order valence-corrected chi connectivity index (χ2v) is 8.47. The molecule has 2 aromatic heterocycles. The van der Waals surface area contributed by atoms with Crippen LogP contribution in [0.4, 0.5) is 13.2 Å². The quantitative estimate of drug-likeness (QED) is 0.320. The van der Waals surface area contributed by atoms with Crippen molar-refractivity contribution >= 4 is 11.0 Å². The monoisotopic (exact) mass is 496 g/mol. The van der Waals surface area contributed by atoms with Gasteiger partial charge in [-0.1, -0.05) is 0 Å². The number of aromatic nitrogens is 1. The molecule has 1 aliphatic carbocycles. The Labute approximate surface area is 202 Å². The van der Waals surface area contributed by atoms with Crippen molar-refractivity contribution in [2.45, 2.75) is 19.2 Å². The first-order valence-electron chi connectivity index (χ1n) is 10.9. The molecule has 36 heavy (non-hydrogen) atoms. The molecule has 1 fully saturated rings. The van der Waals surface area contributed by atoms with Crippen LogP contribution in [-0.2, 0) is 0 Å². The summed E-state index contributed by atoms with van der Waals surface area (Å²) in [6.45, 7) is 0.270. The zero-order chi connectivity index (χ0) is 25.5. The van der Waals surface area contributed by atoms with E-state index in [2.05, 4.69) is 10.8 Å². The maximum atomic E-state index is 13.2. The summed E-state index contributed by atoms with van der Waals surface area (Å²) in [5.41, 5.74) is 0.567. The third-order valence-electron chi connectivity index (χ3n) is 5.98. The number of fused-ring (bicyclic) bond motifs is 1. The average Bonchev–Trinajstić information content (AvgIpc) is 3.51. The van der Waals surface area contributed by atoms with Crippen molar-refractivity contribution < 1.29 is 31.8 Å². The van der Waals surface area contributed by atoms with E-state index in [0.717, 1.165) is 12.8 Å². The molecule has 0 unspecified atom stereocenters. The Morgan fingerprint density at radius 3 is 2.47 bits per heavy atom. The van der Waals surface area contributed by atoms with Crippen LogP contribution in [0.15, 0.2) is 70.0 Å². The van der Waals surface area contributed by atoms with E-state index in [1.807, 2.05) is 0 Å². The van der Waals surface area contributed by atoms with E-state index >= 15 is 0 Å². The lowest BCUT2D eigenvalue weighted by molar-refractivity contribution is -0.274. The fourth-order valence-corrected chi connectivity index (χ4v) is 3.78. The van der Waals surface area contributed by atoms with Gasteiger partial charge in [-0.25, -0.2) is 0 Å². The number of pyridine rings is 1. The van der Waals surface area contributed by atoms with Gasteiger partial charge in [0.25, 0.3) is 5.56 Å². The highest BCUT2D eigenvalue weighted by Gasteiger charge is 2.44. The average molecular weight is 496 g/mol. The summed E-state index contributed by atoms with van der Waals surface area (Å²) in [4.78, 5) is 13.2. The zero-order valence-electron chi connectivity index (χ0n) is 19.0. The van der Waals surface area contributed by atoms with Gasteiger partial charge in [0.05, 0.1) is 29.7 Å². The smallest absolute Gasteiger partial charge is 0.493 e. The number of furan rings is 1. The van der Waals surface area contributed by atoms with E-state index in [-0.39, 0.29) is 17.9 Å². The SMILES string of the molecule is COc1cc(-n2ccc3oc(-c4ccc(OC(F)(F)F)cc4)cc3c2=O)ccc1OCC1(C#N)CC1. The molecule has 10 heteroatoms. The Bertz CT molecular complexity index is 1530. The predicted octanol–water partition coefficient (Wildman–Crippen LogP) is 5.84. The molecule has 1 saturated carbocycles. The Balaban J connectivity index is 1.43. The minimum absolute atomic E-state index is 0.270. The summed E-state index contributed by atoms with van der Waals surface area (Å²) in [6, 6.07) is 15.7. The third-order valence-corrected chi connectivity index (χ3v) is 5.98. The Morgan fingerprint density at radius 2 is 1.83 bits per heavy atom. The molecular formula is C26H19F3N2O5. The van der Waals surface area contributed by atoms with Gasteiger partial charge in [0.15, 0.2) is 11.5 Å². The van der Waals surface area contributed by atoms with Crippen molar-refractivity contribution in [1.82, 2.24) is 4.57 Å². The van der Waals surface area contributed by atoms with Gasteiger partial charge in [-0.3, -0.25) is 9.36 Å². The normalized spacial score (nSPS) is 14.3. The number of nitriles is 1. The Hall–Kier alpha value is -4.39. The van der Waals surface area contributed by atoms with Crippen molar-refractivity contribution in [2.24, 2.45) is 5.41 Å². The second kappa shape index (κ2) is 8.68. The predicted molar refractivity (Wildman–Crippen MR) is 123 cm³/mol. The van der Waals surface area contributed by atoms with Crippen LogP contribution in [-0.4, -0.2) is 24.6 Å². The fourth-order valence-electron chi connectivity index (χ4n) is 3.78. The van der Waals surface area contributed by atoms with Crippen molar-refractivity contribution in [3.05, 3.63) is 71.1 Å². The molecule has 0 radical (unpaired) electrons. The molecule has 0 amide bonds. The highest BCUT2D eigenvalue weighted by Crippen LogP contribution is 2.45. The van der Waals surface area contributed by atoms with Crippen LogP contribution in [0.25, 0.3) is 28.0 Å². The van der Waals surface area contributed by atoms with Gasteiger partial charge in [0, 0.05) is 17.8 Å². The van der Waals surface area contributed by atoms with E-state index in [9.17, 15) is 23.2 Å². The summed E-state index contributed by atoms with van der Waals surface area (Å²) < 4.78 is 59.5. The lowest BCUT2D eigenvalue weighted by Gasteiger charge is -2.14. The van der Waals surface area contributed by atoms with Crippen molar-refractivity contribution in [3.63, 3.8) is 0 Å². The van der Waals surface area contributed by atoms with Crippen LogP contribution in [0.5, 0.6) is 17.2 Å². The van der Waals surface area contributed by atoms with Gasteiger partial charge in [0.2, 0.25) is 0 Å². The van der Waals surface area contributed by atoms with Gasteiger partial charge < -0.3 is 18.6 Å². The minimum Gasteiger partial charge on any atom is -0.493 e. The maximum Gasteiger partial charge on any atom is 0.573 e. The van der Waals surface area contributed by atoms with Crippen LogP contribution < -0.4 is 19.8 Å². The first-order valence-corrected chi connectivity index (χ1v) is 10.9. The first kappa shape index (κ1) is 23.4. The third kappa shape index (κ3) is 4.60. The molecule has 1 aliphatic rings. The Kier molecular flexibility index (Phi) is 5.63. The topological polar surface area (TPSA) is 86.6 Å². The maximum absolute atomic E-state index is 13.2. The molecule has 7 nitrogen and oxygen atoms in total. The molecular weight excluding hydrogens is 477 g/mol. The lowest BCUT2D eigenvalue weighted by atomic mass is 10.1. The van der Waals surface area contributed by atoms with Gasteiger partial charge in [0.1, 0.15) is 23.7 Å². The molecule has 0 spiro atoms. The summed E-state index contributed by atoms with van der Waals surface area (Å²) in [5.74, 6) is 0.861. The molecule has 0 bridgehead atoms. The van der Waals surface area contributed by atoms with Crippen LogP contribution in [0.3, 0.4) is 0 Å². The molecule has 0 N–H and O–H groups in total. The second-order valence-electron chi connectivity index (χ2n) is 8.47. The molecule has 0 aliphatic heterocycles. The number of methoxy groups -OCH3 is 1. The van der Waals surface area contributed by atoms with Gasteiger partial charge in [-0.15, -0.1) is 13.2 Å². The van der Waals surface area contributed by atoms with E-state index in [0.29, 0.717) is 39.5 Å². The summed E-state index contributed by atoms with van der Waals surface area (Å²) in [5, 5.41) is 9.54. The van der Waals surface area contributed by atoms with Gasteiger partial charge in [-0.2, -0.15) is 5.26 Å². The highest BCUT2D eigenvalue weighted by molar-refractivity contribution is 5.82. The number of rotatable bonds is 7. The highest BCUT2D eigenvalue weighted by atomic mass is 19.4. The molecule has 2 aromatic carbocycles. The number of hydrogen-bond acceptors (Lipinski definition) is 6. The van der Waals surface area contributed by atoms with Gasteiger partial charge in [-0.05, 0) is 61.4 Å². The summed E-state index contributed by atoms with van der Waals surface area (Å²) in [6.07, 6.45) is -1.62. The molecule has 184 valence electrons. The fraction of sp³-hybridized carbons (Fsp3) is 0.231. The lowest BCUT2D eigenvalue weighted by Crippen LogP contribution is -2.17. The van der Waals surface area contributed by atoms with Gasteiger partial charge >= 0.3 is 6.36 Å². The van der Waals surface area contributed by atoms with Crippen molar-refractivity contribution in [1.29, 1.82) is 5.26 Å². The molecule has 0 saturated heterocycles. The standard InChI is InChI=1S/C26H19F3N2O5/c1-33-23-12-17(4-7-21(23)34-15-25(14-30)9-10-25)31-11-8-20-19(24(31)32)13-22(35-20)16-2-5-18(6-3-16)36-26(27,28)29/h2-8,11-13H,9-10,15H2,1H3. The minimum atomic E-state index is -4.78. The summed E-state index contributed by atoms with van der Waals surface area (Å²) >= 11 is 0. The van der Waals surface area contributed by atoms with E-state index in [4.69, 9.17) is 13.9 Å². The number of benzene rings is 2. The van der Waals surface area contributed by atoms with Crippen molar-refractivity contribution in [3.8, 4) is 40.3 Å². The van der Waals surface area contributed by atoms with Crippen LogP contribution >= 0.6 is 0 Å². The first-order chi connectivity index (χ1) is 17.2. The van der Waals surface area contributed by atoms with E-state index < -0.39 is 11.8 Å². The molecule has 4 aromatic rings. The zero-order valence-corrected chi connectivity index (χ0v) is 19.0. The number of halogens is 3. The molecule has 2 heterocycles. The number of ether oxygens (including phenoxy) is 3. The number of nitrogens with zero attached hydrogens (tertiary/aromatic N) is 2. The van der Waals surface area contributed by atoms with Crippen molar-refractivity contribution in [2.75, 3.05) is 13.7 Å². The van der Waals surface area contributed by atoms with E-state index in [1.54, 1.807) is 36.5 Å². The van der Waals surface area contributed by atoms with Crippen LogP contribution in [0, 0.1) is 16.7 Å². The number of alkyl halides is 3. The molecule has 0 atom stereocenters. The Morgan fingerprint density at radius 1 is 1.08 bits per heavy atom. The molecule has 5 rings (SSSR count).